The molecule has 1 aliphatic heterocycles. The van der Waals surface area contributed by atoms with Crippen molar-refractivity contribution in [3.05, 3.63) is 59.3 Å². The molecule has 8 heteroatoms. The van der Waals surface area contributed by atoms with Gasteiger partial charge in [0.15, 0.2) is 5.65 Å². The molecule has 8 nitrogen and oxygen atoms in total. The molecule has 0 atom stereocenters. The van der Waals surface area contributed by atoms with Gasteiger partial charge in [-0.15, -0.1) is 5.10 Å². The lowest BCUT2D eigenvalue weighted by atomic mass is 9.84. The van der Waals surface area contributed by atoms with Gasteiger partial charge in [-0.05, 0) is 41.9 Å². The molecule has 5 rings (SSSR count). The van der Waals surface area contributed by atoms with Crippen LogP contribution in [0.15, 0.2) is 36.9 Å². The number of aromatic nitrogens is 7. The lowest BCUT2D eigenvalue weighted by molar-refractivity contribution is 0.358. The minimum Gasteiger partial charge on any atom is -0.341 e. The highest BCUT2D eigenvalue weighted by Gasteiger charge is 2.25. The molecule has 0 amide bonds. The fraction of sp³-hybridized carbons (Fsp3) is 0.480. The third kappa shape index (κ3) is 4.21. The Hall–Kier alpha value is -3.29. The second-order valence-corrected chi connectivity index (χ2v) is 10.2. The summed E-state index contributed by atoms with van der Waals surface area (Å²) in [5.74, 6) is 0.776. The number of hydrogen-bond donors (Lipinski definition) is 0. The van der Waals surface area contributed by atoms with Gasteiger partial charge in [-0.1, -0.05) is 44.2 Å². The van der Waals surface area contributed by atoms with Crippen molar-refractivity contribution in [3.63, 3.8) is 0 Å². The number of piperidine rings is 1. The van der Waals surface area contributed by atoms with Crippen molar-refractivity contribution in [2.24, 2.45) is 7.05 Å². The van der Waals surface area contributed by atoms with Crippen LogP contribution in [0.3, 0.4) is 0 Å². The molecule has 33 heavy (non-hydrogen) atoms. The summed E-state index contributed by atoms with van der Waals surface area (Å²) in [4.78, 5) is 16.8. The molecule has 1 fully saturated rings. The van der Waals surface area contributed by atoms with E-state index < -0.39 is 0 Å². The highest BCUT2D eigenvalue weighted by atomic mass is 15.4. The molecule has 0 unspecified atom stereocenters. The molecule has 0 N–H and O–H groups in total. The molecule has 0 radical (unpaired) electrons. The van der Waals surface area contributed by atoms with Gasteiger partial charge in [-0.25, -0.2) is 14.6 Å². The summed E-state index contributed by atoms with van der Waals surface area (Å²) >= 11 is 0. The number of fused-ring (bicyclic) bond motifs is 1. The highest BCUT2D eigenvalue weighted by Crippen LogP contribution is 2.29. The molecule has 4 heterocycles. The Morgan fingerprint density at radius 1 is 1.09 bits per heavy atom. The first-order valence-electron chi connectivity index (χ1n) is 11.7. The first kappa shape index (κ1) is 21.6. The molecule has 4 aromatic rings. The van der Waals surface area contributed by atoms with Crippen molar-refractivity contribution in [3.8, 4) is 0 Å². The molecule has 0 bridgehead atoms. The van der Waals surface area contributed by atoms with E-state index in [9.17, 15) is 0 Å². The van der Waals surface area contributed by atoms with E-state index in [0.29, 0.717) is 6.04 Å². The average molecular weight is 445 g/mol. The Balaban J connectivity index is 1.47. The minimum absolute atomic E-state index is 0.107. The van der Waals surface area contributed by atoms with Crippen LogP contribution in [0.25, 0.3) is 11.2 Å². The molecule has 1 aliphatic rings. The summed E-state index contributed by atoms with van der Waals surface area (Å²) in [5.41, 5.74) is 6.84. The van der Waals surface area contributed by atoms with Crippen LogP contribution in [0.5, 0.6) is 0 Å². The molecule has 1 aromatic carbocycles. The smallest absolute Gasteiger partial charge is 0.227 e. The van der Waals surface area contributed by atoms with Gasteiger partial charge in [0, 0.05) is 32.8 Å². The average Bonchev–Trinajstić information content (AvgIpc) is 3.45. The largest absolute Gasteiger partial charge is 0.341 e. The van der Waals surface area contributed by atoms with E-state index in [1.165, 1.54) is 16.7 Å². The maximum Gasteiger partial charge on any atom is 0.227 e. The van der Waals surface area contributed by atoms with E-state index >= 15 is 0 Å². The SMILES string of the molecule is Cc1ccc(C(C)(C)C)cc1Cc1nc(N2CCC(n3ccnn3)CC2)nc2ncn(C)c12. The van der Waals surface area contributed by atoms with Gasteiger partial charge in [-0.2, -0.15) is 4.98 Å². The number of hydrogen-bond acceptors (Lipinski definition) is 6. The second kappa shape index (κ2) is 8.24. The summed E-state index contributed by atoms with van der Waals surface area (Å²) in [6.07, 6.45) is 8.28. The molecule has 172 valence electrons. The van der Waals surface area contributed by atoms with E-state index in [2.05, 4.69) is 66.1 Å². The van der Waals surface area contributed by atoms with Crippen LogP contribution >= 0.6 is 0 Å². The van der Waals surface area contributed by atoms with E-state index in [1.54, 1.807) is 6.20 Å². The third-order valence-corrected chi connectivity index (χ3v) is 6.77. The van der Waals surface area contributed by atoms with Crippen molar-refractivity contribution in [1.82, 2.24) is 34.5 Å². The van der Waals surface area contributed by atoms with Crippen LogP contribution in [0.1, 0.15) is 62.0 Å². The van der Waals surface area contributed by atoms with Crippen LogP contribution in [0, 0.1) is 6.92 Å². The number of rotatable bonds is 4. The second-order valence-electron chi connectivity index (χ2n) is 10.2. The van der Waals surface area contributed by atoms with E-state index in [4.69, 9.17) is 9.97 Å². The maximum absolute atomic E-state index is 5.09. The Bertz CT molecular complexity index is 1260. The van der Waals surface area contributed by atoms with E-state index in [1.807, 2.05) is 28.8 Å². The van der Waals surface area contributed by atoms with Crippen LogP contribution in [-0.4, -0.2) is 47.6 Å². The van der Waals surface area contributed by atoms with Crippen molar-refractivity contribution < 1.29 is 0 Å². The van der Waals surface area contributed by atoms with Crippen molar-refractivity contribution in [2.45, 2.75) is 58.4 Å². The highest BCUT2D eigenvalue weighted by molar-refractivity contribution is 5.75. The van der Waals surface area contributed by atoms with Crippen LogP contribution in [0.4, 0.5) is 5.95 Å². The Morgan fingerprint density at radius 3 is 2.58 bits per heavy atom. The zero-order chi connectivity index (χ0) is 23.2. The number of benzene rings is 1. The zero-order valence-electron chi connectivity index (χ0n) is 20.2. The van der Waals surface area contributed by atoms with Gasteiger partial charge in [-0.3, -0.25) is 0 Å². The number of nitrogens with zero attached hydrogens (tertiary/aromatic N) is 8. The standard InChI is InChI=1S/C25H32N8/c1-17-6-7-19(25(2,3)4)14-18(17)15-21-22-23(26-16-31(22)5)29-24(28-21)32-11-8-20(9-12-32)33-13-10-27-30-33/h6-7,10,13-14,16,20H,8-9,11-12,15H2,1-5H3. The summed E-state index contributed by atoms with van der Waals surface area (Å²) in [5, 5.41) is 8.13. The van der Waals surface area contributed by atoms with Gasteiger partial charge >= 0.3 is 0 Å². The Morgan fingerprint density at radius 2 is 1.88 bits per heavy atom. The molecule has 0 spiro atoms. The van der Waals surface area contributed by atoms with Gasteiger partial charge in [0.2, 0.25) is 5.95 Å². The first-order valence-corrected chi connectivity index (χ1v) is 11.7. The van der Waals surface area contributed by atoms with Crippen molar-refractivity contribution >= 4 is 17.1 Å². The van der Waals surface area contributed by atoms with Gasteiger partial charge in [0.05, 0.1) is 24.3 Å². The number of anilines is 1. The van der Waals surface area contributed by atoms with E-state index in [0.717, 1.165) is 55.2 Å². The lowest BCUT2D eigenvalue weighted by Crippen LogP contribution is -2.36. The van der Waals surface area contributed by atoms with Crippen molar-refractivity contribution in [2.75, 3.05) is 18.0 Å². The van der Waals surface area contributed by atoms with Crippen LogP contribution < -0.4 is 4.90 Å². The normalized spacial score (nSPS) is 15.5. The summed E-state index contributed by atoms with van der Waals surface area (Å²) in [7, 11) is 2.02. The predicted octanol–water partition coefficient (Wildman–Crippen LogP) is 3.99. The minimum atomic E-state index is 0.107. The molecule has 1 saturated heterocycles. The molecular formula is C25H32N8. The van der Waals surface area contributed by atoms with Gasteiger partial charge < -0.3 is 9.47 Å². The lowest BCUT2D eigenvalue weighted by Gasteiger charge is -2.32. The number of aryl methyl sites for hydroxylation is 2. The van der Waals surface area contributed by atoms with Crippen LogP contribution in [0.2, 0.25) is 0 Å². The zero-order valence-corrected chi connectivity index (χ0v) is 20.2. The summed E-state index contributed by atoms with van der Waals surface area (Å²) < 4.78 is 4.00. The van der Waals surface area contributed by atoms with Crippen LogP contribution in [-0.2, 0) is 18.9 Å². The Kier molecular flexibility index (Phi) is 5.38. The Labute approximate surface area is 194 Å². The third-order valence-electron chi connectivity index (χ3n) is 6.77. The molecule has 0 aliphatic carbocycles. The van der Waals surface area contributed by atoms with E-state index in [-0.39, 0.29) is 5.41 Å². The topological polar surface area (TPSA) is 77.6 Å². The maximum atomic E-state index is 5.09. The monoisotopic (exact) mass is 444 g/mol. The van der Waals surface area contributed by atoms with Gasteiger partial charge in [0.1, 0.15) is 5.52 Å². The fourth-order valence-corrected chi connectivity index (χ4v) is 4.64. The summed E-state index contributed by atoms with van der Waals surface area (Å²) in [6.45, 7) is 10.7. The number of imidazole rings is 1. The fourth-order valence-electron chi connectivity index (χ4n) is 4.64. The van der Waals surface area contributed by atoms with Gasteiger partial charge in [0.25, 0.3) is 0 Å². The molecular weight excluding hydrogens is 412 g/mol. The molecule has 3 aromatic heterocycles. The molecule has 0 saturated carbocycles. The first-order chi connectivity index (χ1) is 15.8. The van der Waals surface area contributed by atoms with Crippen molar-refractivity contribution in [1.29, 1.82) is 0 Å². The predicted molar refractivity (Wildman–Crippen MR) is 129 cm³/mol. The quantitative estimate of drug-likeness (QED) is 0.474. The summed E-state index contributed by atoms with van der Waals surface area (Å²) in [6, 6.07) is 7.18.